The Morgan fingerprint density at radius 3 is 2.03 bits per heavy atom. The van der Waals surface area contributed by atoms with Gasteiger partial charge in [0.15, 0.2) is 0 Å². The number of quaternary nitrogens is 1. The minimum atomic E-state index is -0.351. The molecule has 1 amide bonds. The lowest BCUT2D eigenvalue weighted by molar-refractivity contribution is -0.906. The number of likely N-dealkylation sites (N-methyl/N-ethyl adjacent to an activating group) is 1. The molecule has 0 aliphatic carbocycles. The van der Waals surface area contributed by atoms with Gasteiger partial charge in [-0.2, -0.15) is 0 Å². The highest BCUT2D eigenvalue weighted by Gasteiger charge is 2.18. The Hall–Kier alpha value is -2.38. The van der Waals surface area contributed by atoms with Gasteiger partial charge in [0.1, 0.15) is 18.9 Å². The largest absolute Gasteiger partial charge is 1.00 e. The van der Waals surface area contributed by atoms with Crippen LogP contribution in [0.25, 0.3) is 0 Å². The maximum atomic E-state index is 12.9. The lowest BCUT2D eigenvalue weighted by Gasteiger charge is -2.31. The van der Waals surface area contributed by atoms with Gasteiger partial charge in [0, 0.05) is 5.69 Å². The van der Waals surface area contributed by atoms with Gasteiger partial charge < -0.3 is 36.3 Å². The molecule has 0 unspecified atom stereocenters. The molecule has 0 fully saturated rings. The van der Waals surface area contributed by atoms with E-state index in [1.54, 1.807) is 30.3 Å². The maximum absolute atomic E-state index is 12.9. The van der Waals surface area contributed by atoms with Crippen molar-refractivity contribution in [3.8, 4) is 5.75 Å². The lowest BCUT2D eigenvalue weighted by atomic mass is 10.1. The number of esters is 1. The first-order chi connectivity index (χ1) is 17.9. The van der Waals surface area contributed by atoms with Crippen molar-refractivity contribution in [2.24, 2.45) is 0 Å². The van der Waals surface area contributed by atoms with E-state index >= 15 is 0 Å². The van der Waals surface area contributed by atoms with E-state index in [-0.39, 0.29) is 28.9 Å². The fourth-order valence-electron chi connectivity index (χ4n) is 4.07. The summed E-state index contributed by atoms with van der Waals surface area (Å²) in [5, 5.41) is 2.90. The standard InChI is InChI=1S/C31H46N2O4.BrH/c1-5-8-9-10-11-12-13-16-24-36-29-18-15-14-17-28(29)30(34)32-27-21-19-26(20-22-27)31(35)37-25-23-33(4,6-2)7-3;/h14-15,17-22H,5-13,16,23-25H2,1-4H3;1H. The normalized spacial score (nSPS) is 10.9. The molecule has 0 atom stereocenters. The zero-order valence-electron chi connectivity index (χ0n) is 23.8. The number of hydrogen-bond acceptors (Lipinski definition) is 4. The van der Waals surface area contributed by atoms with Crippen LogP contribution < -0.4 is 27.0 Å². The number of unbranched alkanes of at least 4 members (excludes halogenated alkanes) is 7. The van der Waals surface area contributed by atoms with Crippen LogP contribution in [0.3, 0.4) is 0 Å². The molecule has 0 radical (unpaired) electrons. The van der Waals surface area contributed by atoms with Crippen LogP contribution in [0.1, 0.15) is 92.9 Å². The fraction of sp³-hybridized carbons (Fsp3) is 0.548. The summed E-state index contributed by atoms with van der Waals surface area (Å²) in [6.07, 6.45) is 9.90. The molecular weight excluding hydrogens is 544 g/mol. The number of nitrogens with one attached hydrogen (secondary N) is 1. The quantitative estimate of drug-likeness (QED) is 0.161. The first-order valence-electron chi connectivity index (χ1n) is 14.1. The fourth-order valence-corrected chi connectivity index (χ4v) is 4.07. The van der Waals surface area contributed by atoms with Crippen LogP contribution in [0.15, 0.2) is 48.5 Å². The number of para-hydroxylation sites is 1. The van der Waals surface area contributed by atoms with Crippen LogP contribution in [0.4, 0.5) is 5.69 Å². The van der Waals surface area contributed by atoms with Gasteiger partial charge in [-0.25, -0.2) is 4.79 Å². The van der Waals surface area contributed by atoms with Gasteiger partial charge in [-0.1, -0.05) is 64.0 Å². The average molecular weight is 592 g/mol. The van der Waals surface area contributed by atoms with Crippen molar-refractivity contribution in [2.45, 2.75) is 72.1 Å². The summed E-state index contributed by atoms with van der Waals surface area (Å²) >= 11 is 0. The molecule has 2 rings (SSSR count). The third-order valence-corrected chi connectivity index (χ3v) is 7.16. The SMILES string of the molecule is CCCCCCCCCCOc1ccccc1C(=O)Nc1ccc(C(=O)OCC[N+](C)(CC)CC)cc1.[Br-]. The highest BCUT2D eigenvalue weighted by atomic mass is 79.9. The predicted molar refractivity (Wildman–Crippen MR) is 151 cm³/mol. The first-order valence-corrected chi connectivity index (χ1v) is 14.1. The summed E-state index contributed by atoms with van der Waals surface area (Å²) in [7, 11) is 2.16. The molecule has 1 N–H and O–H groups in total. The minimum Gasteiger partial charge on any atom is -1.00 e. The van der Waals surface area contributed by atoms with Gasteiger partial charge in [-0.05, 0) is 56.7 Å². The highest BCUT2D eigenvalue weighted by molar-refractivity contribution is 6.06. The molecule has 0 aliphatic rings. The van der Waals surface area contributed by atoms with Crippen molar-refractivity contribution < 1.29 is 40.5 Å². The number of benzene rings is 2. The number of amides is 1. The Bertz CT molecular complexity index is 945. The zero-order valence-corrected chi connectivity index (χ0v) is 25.4. The van der Waals surface area contributed by atoms with Crippen LogP contribution in [-0.2, 0) is 4.74 Å². The molecule has 2 aromatic rings. The zero-order chi connectivity index (χ0) is 26.9. The summed E-state index contributed by atoms with van der Waals surface area (Å²) in [5.74, 6) is 0.00192. The number of carbonyl (C=O) groups excluding carboxylic acids is 2. The molecule has 6 nitrogen and oxygen atoms in total. The Balaban J connectivity index is 0.00000722. The predicted octanol–water partition coefficient (Wildman–Crippen LogP) is 4.11. The summed E-state index contributed by atoms with van der Waals surface area (Å²) in [4.78, 5) is 25.3. The van der Waals surface area contributed by atoms with E-state index in [0.29, 0.717) is 35.8 Å². The monoisotopic (exact) mass is 590 g/mol. The van der Waals surface area contributed by atoms with Crippen molar-refractivity contribution >= 4 is 17.6 Å². The Labute approximate surface area is 240 Å². The second-order valence-corrected chi connectivity index (χ2v) is 9.96. The van der Waals surface area contributed by atoms with Gasteiger partial charge in [0.2, 0.25) is 0 Å². The number of rotatable bonds is 18. The summed E-state index contributed by atoms with van der Waals surface area (Å²) in [6, 6.07) is 14.1. The van der Waals surface area contributed by atoms with Crippen molar-refractivity contribution in [1.29, 1.82) is 0 Å². The summed E-state index contributed by atoms with van der Waals surface area (Å²) in [6.45, 7) is 10.3. The number of anilines is 1. The van der Waals surface area contributed by atoms with Crippen molar-refractivity contribution in [3.63, 3.8) is 0 Å². The van der Waals surface area contributed by atoms with Gasteiger partial charge in [0.05, 0.1) is 37.9 Å². The molecule has 0 aromatic heterocycles. The molecule has 212 valence electrons. The Morgan fingerprint density at radius 2 is 1.39 bits per heavy atom. The van der Waals surface area contributed by atoms with Crippen LogP contribution in [0, 0.1) is 0 Å². The molecule has 0 bridgehead atoms. The molecule has 7 heteroatoms. The number of ether oxygens (including phenoxy) is 2. The van der Waals surface area contributed by atoms with E-state index in [9.17, 15) is 9.59 Å². The van der Waals surface area contributed by atoms with Gasteiger partial charge >= 0.3 is 5.97 Å². The molecule has 0 saturated heterocycles. The molecule has 0 aliphatic heterocycles. The van der Waals surface area contributed by atoms with Crippen molar-refractivity contribution in [2.75, 3.05) is 45.2 Å². The van der Waals surface area contributed by atoms with Gasteiger partial charge in [0.25, 0.3) is 5.91 Å². The number of halogens is 1. The van der Waals surface area contributed by atoms with E-state index < -0.39 is 0 Å². The lowest BCUT2D eigenvalue weighted by Crippen LogP contribution is -3.00. The van der Waals surface area contributed by atoms with Gasteiger partial charge in [-0.15, -0.1) is 0 Å². The average Bonchev–Trinajstić information content (AvgIpc) is 2.92. The van der Waals surface area contributed by atoms with Crippen molar-refractivity contribution in [3.05, 3.63) is 59.7 Å². The third-order valence-electron chi connectivity index (χ3n) is 7.16. The minimum absolute atomic E-state index is 0. The van der Waals surface area contributed by atoms with E-state index in [4.69, 9.17) is 9.47 Å². The smallest absolute Gasteiger partial charge is 0.338 e. The third kappa shape index (κ3) is 12.0. The van der Waals surface area contributed by atoms with Crippen LogP contribution in [0.5, 0.6) is 5.75 Å². The van der Waals surface area contributed by atoms with Crippen LogP contribution in [-0.4, -0.2) is 56.3 Å². The number of hydrogen-bond donors (Lipinski definition) is 1. The first kappa shape index (κ1) is 33.6. The maximum Gasteiger partial charge on any atom is 0.338 e. The molecule has 0 heterocycles. The Kier molecular flexibility index (Phi) is 16.6. The molecule has 38 heavy (non-hydrogen) atoms. The van der Waals surface area contributed by atoms with E-state index in [0.717, 1.165) is 37.0 Å². The Morgan fingerprint density at radius 1 is 0.789 bits per heavy atom. The van der Waals surface area contributed by atoms with E-state index in [1.165, 1.54) is 38.5 Å². The molecule has 0 saturated carbocycles. The summed E-state index contributed by atoms with van der Waals surface area (Å²) < 4.78 is 12.3. The topological polar surface area (TPSA) is 64.6 Å². The van der Waals surface area contributed by atoms with E-state index in [2.05, 4.69) is 33.1 Å². The number of nitrogens with zero attached hydrogens (tertiary/aromatic N) is 1. The second-order valence-electron chi connectivity index (χ2n) is 9.96. The summed E-state index contributed by atoms with van der Waals surface area (Å²) in [5.41, 5.74) is 1.58. The van der Waals surface area contributed by atoms with E-state index in [1.807, 2.05) is 18.2 Å². The van der Waals surface area contributed by atoms with Crippen LogP contribution in [0.2, 0.25) is 0 Å². The van der Waals surface area contributed by atoms with Crippen molar-refractivity contribution in [1.82, 2.24) is 0 Å². The molecular formula is C31H47BrN2O4. The number of carbonyl (C=O) groups is 2. The van der Waals surface area contributed by atoms with Crippen LogP contribution >= 0.6 is 0 Å². The van der Waals surface area contributed by atoms with Gasteiger partial charge in [-0.3, -0.25) is 4.79 Å². The second kappa shape index (κ2) is 18.8. The molecule has 0 spiro atoms. The molecule has 2 aromatic carbocycles. The highest BCUT2D eigenvalue weighted by Crippen LogP contribution is 2.21.